The number of ether oxygens (including phenoxy) is 1. The van der Waals surface area contributed by atoms with Crippen LogP contribution in [0.2, 0.25) is 0 Å². The van der Waals surface area contributed by atoms with Gasteiger partial charge in [-0.15, -0.1) is 0 Å². The van der Waals surface area contributed by atoms with Crippen LogP contribution in [0.3, 0.4) is 0 Å². The fourth-order valence-corrected chi connectivity index (χ4v) is 3.05. The van der Waals surface area contributed by atoms with Crippen molar-refractivity contribution in [1.82, 2.24) is 0 Å². The van der Waals surface area contributed by atoms with E-state index >= 15 is 0 Å². The minimum absolute atomic E-state index is 0.0296. The van der Waals surface area contributed by atoms with E-state index in [1.807, 2.05) is 0 Å². The number of hydrogen-bond acceptors (Lipinski definition) is 4. The fraction of sp³-hybridized carbons (Fsp3) is 0.385. The highest BCUT2D eigenvalue weighted by Gasteiger charge is 2.23. The first kappa shape index (κ1) is 13.0. The number of amides is 1. The SMILES string of the molecule is COC(=O)c1cccc(NC(=O)C2CCSC2)c1. The molecule has 1 fully saturated rings. The highest BCUT2D eigenvalue weighted by Crippen LogP contribution is 2.24. The largest absolute Gasteiger partial charge is 0.465 e. The van der Waals surface area contributed by atoms with Crippen molar-refractivity contribution in [3.8, 4) is 0 Å². The number of esters is 1. The van der Waals surface area contributed by atoms with E-state index < -0.39 is 5.97 Å². The van der Waals surface area contributed by atoms with Crippen molar-refractivity contribution in [1.29, 1.82) is 0 Å². The molecule has 4 nitrogen and oxygen atoms in total. The van der Waals surface area contributed by atoms with Crippen molar-refractivity contribution in [3.05, 3.63) is 29.8 Å². The number of methoxy groups -OCH3 is 1. The number of hydrogen-bond donors (Lipinski definition) is 1. The van der Waals surface area contributed by atoms with Crippen LogP contribution in [0.5, 0.6) is 0 Å². The van der Waals surface area contributed by atoms with E-state index in [1.165, 1.54) is 7.11 Å². The van der Waals surface area contributed by atoms with Crippen molar-refractivity contribution in [2.45, 2.75) is 6.42 Å². The third kappa shape index (κ3) is 3.04. The summed E-state index contributed by atoms with van der Waals surface area (Å²) in [5.74, 6) is 1.63. The maximum Gasteiger partial charge on any atom is 0.337 e. The summed E-state index contributed by atoms with van der Waals surface area (Å²) >= 11 is 1.80. The number of rotatable bonds is 3. The Hall–Kier alpha value is -1.49. The zero-order chi connectivity index (χ0) is 13.0. The predicted molar refractivity (Wildman–Crippen MR) is 71.8 cm³/mol. The lowest BCUT2D eigenvalue weighted by Crippen LogP contribution is -2.22. The van der Waals surface area contributed by atoms with Crippen LogP contribution in [0.1, 0.15) is 16.8 Å². The summed E-state index contributed by atoms with van der Waals surface area (Å²) in [6.07, 6.45) is 0.924. The van der Waals surface area contributed by atoms with Gasteiger partial charge in [0.2, 0.25) is 5.91 Å². The molecule has 1 aromatic carbocycles. The van der Waals surface area contributed by atoms with Crippen molar-refractivity contribution in [2.24, 2.45) is 5.92 Å². The van der Waals surface area contributed by atoms with Gasteiger partial charge in [-0.3, -0.25) is 4.79 Å². The first-order valence-electron chi connectivity index (χ1n) is 5.77. The van der Waals surface area contributed by atoms with Crippen molar-refractivity contribution >= 4 is 29.3 Å². The van der Waals surface area contributed by atoms with E-state index in [1.54, 1.807) is 36.0 Å². The lowest BCUT2D eigenvalue weighted by atomic mass is 10.1. The Bertz CT molecular complexity index is 455. The Balaban J connectivity index is 2.04. The van der Waals surface area contributed by atoms with Gasteiger partial charge in [-0.2, -0.15) is 11.8 Å². The first-order chi connectivity index (χ1) is 8.70. The van der Waals surface area contributed by atoms with Crippen LogP contribution in [0.15, 0.2) is 24.3 Å². The summed E-state index contributed by atoms with van der Waals surface area (Å²) in [5.41, 5.74) is 1.08. The second-order valence-electron chi connectivity index (χ2n) is 4.12. The van der Waals surface area contributed by atoms with Gasteiger partial charge in [0.25, 0.3) is 0 Å². The van der Waals surface area contributed by atoms with Gasteiger partial charge in [-0.25, -0.2) is 4.79 Å². The lowest BCUT2D eigenvalue weighted by molar-refractivity contribution is -0.119. The highest BCUT2D eigenvalue weighted by molar-refractivity contribution is 7.99. The molecule has 18 heavy (non-hydrogen) atoms. The molecule has 2 rings (SSSR count). The summed E-state index contributed by atoms with van der Waals surface area (Å²) in [7, 11) is 1.34. The molecule has 1 heterocycles. The Morgan fingerprint density at radius 1 is 1.44 bits per heavy atom. The van der Waals surface area contributed by atoms with Gasteiger partial charge in [0.05, 0.1) is 12.7 Å². The molecular formula is C13H15NO3S. The first-order valence-corrected chi connectivity index (χ1v) is 6.93. The van der Waals surface area contributed by atoms with E-state index in [0.29, 0.717) is 11.3 Å². The summed E-state index contributed by atoms with van der Waals surface area (Å²) < 4.78 is 4.64. The zero-order valence-electron chi connectivity index (χ0n) is 10.1. The van der Waals surface area contributed by atoms with Crippen LogP contribution in [-0.4, -0.2) is 30.5 Å². The molecule has 0 saturated carbocycles. The molecule has 1 aromatic rings. The average Bonchev–Trinajstić information content (AvgIpc) is 2.92. The quantitative estimate of drug-likeness (QED) is 0.851. The van der Waals surface area contributed by atoms with Gasteiger partial charge in [-0.05, 0) is 30.4 Å². The molecule has 1 saturated heterocycles. The van der Waals surface area contributed by atoms with Crippen LogP contribution < -0.4 is 5.32 Å². The second kappa shape index (κ2) is 5.91. The van der Waals surface area contributed by atoms with Gasteiger partial charge >= 0.3 is 5.97 Å². The number of thioether (sulfide) groups is 1. The van der Waals surface area contributed by atoms with Crippen LogP contribution >= 0.6 is 11.8 Å². The molecule has 0 aliphatic carbocycles. The van der Waals surface area contributed by atoms with Gasteiger partial charge in [0.1, 0.15) is 0 Å². The van der Waals surface area contributed by atoms with Gasteiger partial charge in [0, 0.05) is 17.4 Å². The monoisotopic (exact) mass is 265 g/mol. The Labute approximate surface area is 110 Å². The van der Waals surface area contributed by atoms with Crippen molar-refractivity contribution < 1.29 is 14.3 Å². The molecule has 1 aliphatic heterocycles. The maximum absolute atomic E-state index is 11.9. The zero-order valence-corrected chi connectivity index (χ0v) is 11.0. The molecule has 0 aromatic heterocycles. The number of anilines is 1. The third-order valence-electron chi connectivity index (χ3n) is 2.85. The molecule has 5 heteroatoms. The Kier molecular flexibility index (Phi) is 4.25. The minimum Gasteiger partial charge on any atom is -0.465 e. The van der Waals surface area contributed by atoms with E-state index in [-0.39, 0.29) is 11.8 Å². The fourth-order valence-electron chi connectivity index (χ4n) is 1.83. The molecule has 1 aliphatic rings. The van der Waals surface area contributed by atoms with Crippen LogP contribution in [0.4, 0.5) is 5.69 Å². The van der Waals surface area contributed by atoms with E-state index in [0.717, 1.165) is 17.9 Å². The predicted octanol–water partition coefficient (Wildman–Crippen LogP) is 2.16. The summed E-state index contributed by atoms with van der Waals surface area (Å²) in [5, 5.41) is 2.84. The standard InChI is InChI=1S/C13H15NO3S/c1-17-13(16)9-3-2-4-11(7-9)14-12(15)10-5-6-18-8-10/h2-4,7,10H,5-6,8H2,1H3,(H,14,15). The normalized spacial score (nSPS) is 18.4. The second-order valence-corrected chi connectivity index (χ2v) is 5.27. The summed E-state index contributed by atoms with van der Waals surface area (Å²) in [6, 6.07) is 6.79. The molecule has 96 valence electrons. The third-order valence-corrected chi connectivity index (χ3v) is 4.01. The molecular weight excluding hydrogens is 250 g/mol. The summed E-state index contributed by atoms with van der Waals surface area (Å²) in [6.45, 7) is 0. The van der Waals surface area contributed by atoms with Gasteiger partial charge in [0.15, 0.2) is 0 Å². The van der Waals surface area contributed by atoms with E-state index in [2.05, 4.69) is 10.1 Å². The highest BCUT2D eigenvalue weighted by atomic mass is 32.2. The number of carbonyl (C=O) groups is 2. The smallest absolute Gasteiger partial charge is 0.337 e. The molecule has 0 bridgehead atoms. The van der Waals surface area contributed by atoms with Crippen LogP contribution in [0, 0.1) is 5.92 Å². The molecule has 1 N–H and O–H groups in total. The lowest BCUT2D eigenvalue weighted by Gasteiger charge is -2.10. The minimum atomic E-state index is -0.400. The van der Waals surface area contributed by atoms with Crippen molar-refractivity contribution in [3.63, 3.8) is 0 Å². The van der Waals surface area contributed by atoms with E-state index in [4.69, 9.17) is 0 Å². The number of carbonyl (C=O) groups excluding carboxylic acids is 2. The van der Waals surface area contributed by atoms with Crippen LogP contribution in [-0.2, 0) is 9.53 Å². The molecule has 0 radical (unpaired) electrons. The summed E-state index contributed by atoms with van der Waals surface area (Å²) in [4.78, 5) is 23.3. The Morgan fingerprint density at radius 2 is 2.28 bits per heavy atom. The van der Waals surface area contributed by atoms with Crippen LogP contribution in [0.25, 0.3) is 0 Å². The van der Waals surface area contributed by atoms with E-state index in [9.17, 15) is 9.59 Å². The molecule has 1 atom stereocenters. The molecule has 1 amide bonds. The number of benzene rings is 1. The van der Waals surface area contributed by atoms with Crippen molar-refractivity contribution in [2.75, 3.05) is 23.9 Å². The van der Waals surface area contributed by atoms with Gasteiger partial charge < -0.3 is 10.1 Å². The van der Waals surface area contributed by atoms with Gasteiger partial charge in [-0.1, -0.05) is 6.07 Å². The number of nitrogens with one attached hydrogen (secondary N) is 1. The average molecular weight is 265 g/mol. The molecule has 0 spiro atoms. The topological polar surface area (TPSA) is 55.4 Å². The Morgan fingerprint density at radius 3 is 2.94 bits per heavy atom. The maximum atomic E-state index is 11.9. The molecule has 1 unspecified atom stereocenters.